The van der Waals surface area contributed by atoms with Crippen LogP contribution in [0.3, 0.4) is 0 Å². The van der Waals surface area contributed by atoms with E-state index in [1.54, 1.807) is 19.1 Å². The van der Waals surface area contributed by atoms with Crippen molar-refractivity contribution in [2.24, 2.45) is 0 Å². The van der Waals surface area contributed by atoms with Crippen LogP contribution < -0.4 is 10.1 Å². The number of nitrogens with one attached hydrogen (secondary N) is 1. The highest BCUT2D eigenvalue weighted by Gasteiger charge is 2.34. The normalized spacial score (nSPS) is 16.0. The van der Waals surface area contributed by atoms with Crippen LogP contribution in [0.4, 0.5) is 0 Å². The maximum absolute atomic E-state index is 13.4. The van der Waals surface area contributed by atoms with Crippen molar-refractivity contribution in [2.75, 3.05) is 33.7 Å². The van der Waals surface area contributed by atoms with Gasteiger partial charge in [0.15, 0.2) is 11.9 Å². The molecule has 3 aromatic rings. The van der Waals surface area contributed by atoms with Crippen LogP contribution in [-0.2, 0) is 11.2 Å². The molecule has 1 N–H and O–H groups in total. The zero-order chi connectivity index (χ0) is 24.9. The minimum absolute atomic E-state index is 0.146. The van der Waals surface area contributed by atoms with Gasteiger partial charge in [-0.05, 0) is 75.3 Å². The maximum Gasteiger partial charge on any atom is 0.290 e. The van der Waals surface area contributed by atoms with Crippen LogP contribution in [0.5, 0.6) is 5.75 Å². The molecule has 2 unspecified atom stereocenters. The average molecular weight is 476 g/mol. The number of furan rings is 1. The molecule has 0 fully saturated rings. The van der Waals surface area contributed by atoms with E-state index < -0.39 is 6.10 Å². The maximum atomic E-state index is 13.4. The topological polar surface area (TPSA) is 75.0 Å². The molecule has 184 valence electrons. The van der Waals surface area contributed by atoms with Gasteiger partial charge in [-0.3, -0.25) is 9.59 Å². The van der Waals surface area contributed by atoms with Gasteiger partial charge in [0.1, 0.15) is 5.75 Å². The number of carbonyl (C=O) groups excluding carboxylic acids is 2. The molecular formula is C28H33N3O4. The Kier molecular flexibility index (Phi) is 7.56. The second-order valence-electron chi connectivity index (χ2n) is 9.26. The second-order valence-corrected chi connectivity index (χ2v) is 9.26. The minimum atomic E-state index is -0.642. The first-order valence-electron chi connectivity index (χ1n) is 12.0. The van der Waals surface area contributed by atoms with Crippen molar-refractivity contribution in [2.45, 2.75) is 32.4 Å². The van der Waals surface area contributed by atoms with E-state index in [2.05, 4.69) is 11.4 Å². The first-order valence-corrected chi connectivity index (χ1v) is 12.0. The van der Waals surface area contributed by atoms with Crippen LogP contribution in [-0.4, -0.2) is 61.4 Å². The number of hydrogen-bond acceptors (Lipinski definition) is 5. The summed E-state index contributed by atoms with van der Waals surface area (Å²) in [4.78, 5) is 29.7. The SMILES string of the molecule is Cc1cccc(C2c3cc(OC(C)C(=O)NCCN(C)C)ccc3CCN2C(=O)c2ccco2)c1. The van der Waals surface area contributed by atoms with Gasteiger partial charge in [-0.1, -0.05) is 35.9 Å². The summed E-state index contributed by atoms with van der Waals surface area (Å²) < 4.78 is 11.5. The Morgan fingerprint density at radius 3 is 2.71 bits per heavy atom. The number of amides is 2. The van der Waals surface area contributed by atoms with Crippen LogP contribution in [0.25, 0.3) is 0 Å². The molecule has 35 heavy (non-hydrogen) atoms. The van der Waals surface area contributed by atoms with Crippen molar-refractivity contribution in [3.63, 3.8) is 0 Å². The van der Waals surface area contributed by atoms with Crippen molar-refractivity contribution in [3.8, 4) is 5.75 Å². The molecule has 1 aromatic heterocycles. The lowest BCUT2D eigenvalue weighted by Crippen LogP contribution is -2.41. The molecule has 4 rings (SSSR count). The van der Waals surface area contributed by atoms with Gasteiger partial charge in [0.25, 0.3) is 11.8 Å². The Bertz CT molecular complexity index is 1170. The molecule has 0 bridgehead atoms. The summed E-state index contributed by atoms with van der Waals surface area (Å²) in [5, 5.41) is 2.91. The van der Waals surface area contributed by atoms with Crippen molar-refractivity contribution in [1.29, 1.82) is 0 Å². The Morgan fingerprint density at radius 1 is 1.17 bits per heavy atom. The summed E-state index contributed by atoms with van der Waals surface area (Å²) >= 11 is 0. The Balaban J connectivity index is 1.62. The Labute approximate surface area is 206 Å². The van der Waals surface area contributed by atoms with Gasteiger partial charge in [0.2, 0.25) is 0 Å². The third-order valence-electron chi connectivity index (χ3n) is 6.24. The number of aryl methyl sites for hydroxylation is 1. The summed E-state index contributed by atoms with van der Waals surface area (Å²) in [5.74, 6) is 0.618. The van der Waals surface area contributed by atoms with E-state index in [0.29, 0.717) is 24.6 Å². The van der Waals surface area contributed by atoms with Gasteiger partial charge in [-0.2, -0.15) is 0 Å². The molecule has 7 nitrogen and oxygen atoms in total. The number of hydrogen-bond donors (Lipinski definition) is 1. The highest BCUT2D eigenvalue weighted by Crippen LogP contribution is 2.38. The predicted octanol–water partition coefficient (Wildman–Crippen LogP) is 3.82. The largest absolute Gasteiger partial charge is 0.481 e. The lowest BCUT2D eigenvalue weighted by Gasteiger charge is -2.37. The first kappa shape index (κ1) is 24.5. The summed E-state index contributed by atoms with van der Waals surface area (Å²) in [6, 6.07) is 17.2. The fourth-order valence-corrected chi connectivity index (χ4v) is 4.43. The highest BCUT2D eigenvalue weighted by atomic mass is 16.5. The zero-order valence-corrected chi connectivity index (χ0v) is 20.8. The van der Waals surface area contributed by atoms with E-state index in [1.165, 1.54) is 6.26 Å². The fraction of sp³-hybridized carbons (Fsp3) is 0.357. The number of likely N-dealkylation sites (N-methyl/N-ethyl adjacent to an activating group) is 1. The van der Waals surface area contributed by atoms with Crippen molar-refractivity contribution in [1.82, 2.24) is 15.1 Å². The molecule has 1 aliphatic heterocycles. The fourth-order valence-electron chi connectivity index (χ4n) is 4.43. The molecule has 0 aliphatic carbocycles. The Hall–Kier alpha value is -3.58. The standard InChI is InChI=1S/C28H33N3O4/c1-19-7-5-8-22(17-19)26-24-18-23(35-20(2)27(32)29-13-15-30(3)4)11-10-21(24)12-14-31(26)28(33)25-9-6-16-34-25/h5-11,16-18,20,26H,12-15H2,1-4H3,(H,29,32). The number of ether oxygens (including phenoxy) is 1. The average Bonchev–Trinajstić information content (AvgIpc) is 3.37. The number of benzene rings is 2. The third-order valence-corrected chi connectivity index (χ3v) is 6.24. The van der Waals surface area contributed by atoms with Crippen LogP contribution in [0.1, 0.15) is 45.8 Å². The number of nitrogens with zero attached hydrogens (tertiary/aromatic N) is 2. The van der Waals surface area contributed by atoms with Gasteiger partial charge in [-0.15, -0.1) is 0 Å². The highest BCUT2D eigenvalue weighted by molar-refractivity contribution is 5.92. The molecule has 2 amide bonds. The molecule has 0 radical (unpaired) electrons. The molecule has 2 atom stereocenters. The molecule has 0 saturated carbocycles. The zero-order valence-electron chi connectivity index (χ0n) is 20.8. The second kappa shape index (κ2) is 10.8. The van der Waals surface area contributed by atoms with Crippen molar-refractivity contribution < 1.29 is 18.7 Å². The van der Waals surface area contributed by atoms with E-state index in [0.717, 1.165) is 35.2 Å². The summed E-state index contributed by atoms with van der Waals surface area (Å²) in [6.07, 6.45) is 1.60. The van der Waals surface area contributed by atoms with Crippen molar-refractivity contribution >= 4 is 11.8 Å². The lowest BCUT2D eigenvalue weighted by atomic mass is 9.87. The summed E-state index contributed by atoms with van der Waals surface area (Å²) in [7, 11) is 3.92. The van der Waals surface area contributed by atoms with Crippen LogP contribution in [0.15, 0.2) is 65.3 Å². The van der Waals surface area contributed by atoms with E-state index >= 15 is 0 Å². The van der Waals surface area contributed by atoms with Crippen molar-refractivity contribution in [3.05, 3.63) is 88.9 Å². The third kappa shape index (κ3) is 5.74. The summed E-state index contributed by atoms with van der Waals surface area (Å²) in [5.41, 5.74) is 4.31. The van der Waals surface area contributed by atoms with Crippen LogP contribution in [0.2, 0.25) is 0 Å². The van der Waals surface area contributed by atoms with Gasteiger partial charge in [0, 0.05) is 19.6 Å². The molecule has 2 aromatic carbocycles. The van der Waals surface area contributed by atoms with Gasteiger partial charge >= 0.3 is 0 Å². The molecule has 1 aliphatic rings. The van der Waals surface area contributed by atoms with Gasteiger partial charge in [-0.25, -0.2) is 0 Å². The van der Waals surface area contributed by atoms with Crippen LogP contribution >= 0.6 is 0 Å². The van der Waals surface area contributed by atoms with E-state index in [-0.39, 0.29) is 17.9 Å². The number of fused-ring (bicyclic) bond motifs is 1. The molecule has 2 heterocycles. The van der Waals surface area contributed by atoms with E-state index in [4.69, 9.17) is 9.15 Å². The molecule has 0 spiro atoms. The van der Waals surface area contributed by atoms with E-state index in [1.807, 2.05) is 67.2 Å². The van der Waals surface area contributed by atoms with Crippen LogP contribution in [0, 0.1) is 6.92 Å². The predicted molar refractivity (Wildman–Crippen MR) is 135 cm³/mol. The smallest absolute Gasteiger partial charge is 0.290 e. The first-order chi connectivity index (χ1) is 16.8. The number of rotatable bonds is 8. The monoisotopic (exact) mass is 475 g/mol. The molecule has 7 heteroatoms. The molecule has 0 saturated heterocycles. The van der Waals surface area contributed by atoms with Gasteiger partial charge < -0.3 is 24.3 Å². The Morgan fingerprint density at radius 2 is 2.00 bits per heavy atom. The van der Waals surface area contributed by atoms with E-state index in [9.17, 15) is 9.59 Å². The number of carbonyl (C=O) groups is 2. The summed E-state index contributed by atoms with van der Waals surface area (Å²) in [6.45, 7) is 5.69. The minimum Gasteiger partial charge on any atom is -0.481 e. The molecular weight excluding hydrogens is 442 g/mol. The lowest BCUT2D eigenvalue weighted by molar-refractivity contribution is -0.127. The van der Waals surface area contributed by atoms with Gasteiger partial charge in [0.05, 0.1) is 12.3 Å². The quantitative estimate of drug-likeness (QED) is 0.536.